The second kappa shape index (κ2) is 4.60. The first kappa shape index (κ1) is 10.4. The third kappa shape index (κ3) is 2.69. The number of nitrogens with two attached hydrogens (primary N) is 1. The van der Waals surface area contributed by atoms with Gasteiger partial charge in [-0.25, -0.2) is 0 Å². The van der Waals surface area contributed by atoms with Gasteiger partial charge in [0.25, 0.3) is 0 Å². The SMILES string of the molecule is NC1CCCC(NCC2CC(O)C2)C1. The number of aliphatic hydroxyl groups is 1. The summed E-state index contributed by atoms with van der Waals surface area (Å²) in [6.07, 6.45) is 6.85. The maximum absolute atomic E-state index is 9.15. The van der Waals surface area contributed by atoms with Crippen LogP contribution in [0.15, 0.2) is 0 Å². The fourth-order valence-electron chi connectivity index (χ4n) is 2.61. The predicted octanol–water partition coefficient (Wildman–Crippen LogP) is 0.617. The molecule has 0 amide bonds. The van der Waals surface area contributed by atoms with E-state index in [1.807, 2.05) is 0 Å². The second-order valence-electron chi connectivity index (χ2n) is 5.02. The van der Waals surface area contributed by atoms with Gasteiger partial charge in [-0.2, -0.15) is 0 Å². The number of aliphatic hydroxyl groups excluding tert-OH is 1. The van der Waals surface area contributed by atoms with E-state index >= 15 is 0 Å². The molecule has 14 heavy (non-hydrogen) atoms. The molecule has 2 saturated carbocycles. The second-order valence-corrected chi connectivity index (χ2v) is 5.02. The van der Waals surface area contributed by atoms with Crippen molar-refractivity contribution in [3.8, 4) is 0 Å². The normalized spacial score (nSPS) is 43.3. The van der Waals surface area contributed by atoms with Gasteiger partial charge in [0.1, 0.15) is 0 Å². The van der Waals surface area contributed by atoms with Crippen LogP contribution >= 0.6 is 0 Å². The number of hydrogen-bond acceptors (Lipinski definition) is 3. The van der Waals surface area contributed by atoms with Crippen molar-refractivity contribution >= 4 is 0 Å². The first-order chi connectivity index (χ1) is 6.74. The van der Waals surface area contributed by atoms with Crippen LogP contribution in [0, 0.1) is 5.92 Å². The molecule has 2 aliphatic carbocycles. The van der Waals surface area contributed by atoms with Crippen LogP contribution in [0.1, 0.15) is 38.5 Å². The van der Waals surface area contributed by atoms with Gasteiger partial charge in [0, 0.05) is 12.1 Å². The van der Waals surface area contributed by atoms with Gasteiger partial charge >= 0.3 is 0 Å². The lowest BCUT2D eigenvalue weighted by Crippen LogP contribution is -2.44. The van der Waals surface area contributed by atoms with Crippen molar-refractivity contribution in [1.29, 1.82) is 0 Å². The smallest absolute Gasteiger partial charge is 0.0546 e. The lowest BCUT2D eigenvalue weighted by Gasteiger charge is -2.34. The van der Waals surface area contributed by atoms with Crippen LogP contribution < -0.4 is 11.1 Å². The van der Waals surface area contributed by atoms with Gasteiger partial charge in [0.15, 0.2) is 0 Å². The van der Waals surface area contributed by atoms with E-state index in [-0.39, 0.29) is 6.10 Å². The first-order valence-corrected chi connectivity index (χ1v) is 5.91. The van der Waals surface area contributed by atoms with Crippen LogP contribution in [0.25, 0.3) is 0 Å². The Balaban J connectivity index is 1.60. The largest absolute Gasteiger partial charge is 0.393 e. The Kier molecular flexibility index (Phi) is 3.42. The summed E-state index contributed by atoms with van der Waals surface area (Å²) < 4.78 is 0. The highest BCUT2D eigenvalue weighted by molar-refractivity contribution is 4.84. The average molecular weight is 198 g/mol. The summed E-state index contributed by atoms with van der Waals surface area (Å²) >= 11 is 0. The molecular formula is C11H22N2O. The molecule has 0 aromatic carbocycles. The quantitative estimate of drug-likeness (QED) is 0.623. The predicted molar refractivity (Wildman–Crippen MR) is 57.0 cm³/mol. The number of nitrogens with one attached hydrogen (secondary N) is 1. The molecule has 2 aliphatic rings. The molecule has 82 valence electrons. The van der Waals surface area contributed by atoms with Gasteiger partial charge in [-0.05, 0) is 44.6 Å². The van der Waals surface area contributed by atoms with Crippen LogP contribution in [0.2, 0.25) is 0 Å². The minimum absolute atomic E-state index is 0.0181. The molecule has 0 spiro atoms. The lowest BCUT2D eigenvalue weighted by atomic mass is 9.82. The van der Waals surface area contributed by atoms with E-state index in [0.717, 1.165) is 25.8 Å². The van der Waals surface area contributed by atoms with Crippen molar-refractivity contribution in [2.24, 2.45) is 11.7 Å². The third-order valence-electron chi connectivity index (χ3n) is 3.62. The molecule has 0 heterocycles. The van der Waals surface area contributed by atoms with E-state index in [2.05, 4.69) is 5.32 Å². The van der Waals surface area contributed by atoms with Crippen molar-refractivity contribution in [3.05, 3.63) is 0 Å². The van der Waals surface area contributed by atoms with Crippen LogP contribution in [0.4, 0.5) is 0 Å². The zero-order valence-corrected chi connectivity index (χ0v) is 8.78. The Morgan fingerprint density at radius 1 is 1.21 bits per heavy atom. The molecular weight excluding hydrogens is 176 g/mol. The van der Waals surface area contributed by atoms with Crippen molar-refractivity contribution < 1.29 is 5.11 Å². The Morgan fingerprint density at radius 2 is 2.00 bits per heavy atom. The van der Waals surface area contributed by atoms with Crippen molar-refractivity contribution in [1.82, 2.24) is 5.32 Å². The van der Waals surface area contributed by atoms with E-state index < -0.39 is 0 Å². The van der Waals surface area contributed by atoms with E-state index in [0.29, 0.717) is 18.0 Å². The summed E-state index contributed by atoms with van der Waals surface area (Å²) in [5.41, 5.74) is 5.92. The van der Waals surface area contributed by atoms with Gasteiger partial charge in [-0.1, -0.05) is 6.42 Å². The molecule has 0 aliphatic heterocycles. The maximum Gasteiger partial charge on any atom is 0.0546 e. The molecule has 0 bridgehead atoms. The molecule has 2 fully saturated rings. The van der Waals surface area contributed by atoms with E-state index in [9.17, 15) is 0 Å². The topological polar surface area (TPSA) is 58.3 Å². The summed E-state index contributed by atoms with van der Waals surface area (Å²) in [4.78, 5) is 0. The summed E-state index contributed by atoms with van der Waals surface area (Å²) in [6, 6.07) is 1.05. The molecule has 0 saturated heterocycles. The minimum atomic E-state index is -0.0181. The van der Waals surface area contributed by atoms with Crippen LogP contribution in [0.5, 0.6) is 0 Å². The third-order valence-corrected chi connectivity index (χ3v) is 3.62. The Hall–Kier alpha value is -0.120. The van der Waals surface area contributed by atoms with Crippen LogP contribution in [-0.4, -0.2) is 29.8 Å². The molecule has 2 atom stereocenters. The Bertz CT molecular complexity index is 180. The summed E-state index contributed by atoms with van der Waals surface area (Å²) in [5, 5.41) is 12.7. The number of rotatable bonds is 3. The Labute approximate surface area is 86.1 Å². The zero-order valence-electron chi connectivity index (χ0n) is 8.78. The van der Waals surface area contributed by atoms with E-state index in [1.54, 1.807) is 0 Å². The molecule has 4 N–H and O–H groups in total. The van der Waals surface area contributed by atoms with Gasteiger partial charge in [-0.3, -0.25) is 0 Å². The molecule has 2 rings (SSSR count). The summed E-state index contributed by atoms with van der Waals surface area (Å²) in [7, 11) is 0. The van der Waals surface area contributed by atoms with Crippen LogP contribution in [-0.2, 0) is 0 Å². The molecule has 0 aromatic rings. The monoisotopic (exact) mass is 198 g/mol. The fourth-order valence-corrected chi connectivity index (χ4v) is 2.61. The fraction of sp³-hybridized carbons (Fsp3) is 1.00. The van der Waals surface area contributed by atoms with Crippen molar-refractivity contribution in [2.75, 3.05) is 6.54 Å². The zero-order chi connectivity index (χ0) is 9.97. The average Bonchev–Trinajstić information content (AvgIpc) is 2.11. The van der Waals surface area contributed by atoms with Gasteiger partial charge in [-0.15, -0.1) is 0 Å². The molecule has 0 radical (unpaired) electrons. The summed E-state index contributed by atoms with van der Waals surface area (Å²) in [6.45, 7) is 1.08. The van der Waals surface area contributed by atoms with Gasteiger partial charge in [0.05, 0.1) is 6.10 Å². The Morgan fingerprint density at radius 3 is 2.64 bits per heavy atom. The van der Waals surface area contributed by atoms with Crippen molar-refractivity contribution in [3.63, 3.8) is 0 Å². The van der Waals surface area contributed by atoms with E-state index in [4.69, 9.17) is 10.8 Å². The highest BCUT2D eigenvalue weighted by atomic mass is 16.3. The minimum Gasteiger partial charge on any atom is -0.393 e. The molecule has 0 aromatic heterocycles. The highest BCUT2D eigenvalue weighted by Crippen LogP contribution is 2.27. The van der Waals surface area contributed by atoms with E-state index in [1.165, 1.54) is 19.3 Å². The standard InChI is InChI=1S/C11H22N2O/c12-9-2-1-3-10(6-9)13-7-8-4-11(14)5-8/h8-11,13-14H,1-7,12H2. The molecule has 3 nitrogen and oxygen atoms in total. The van der Waals surface area contributed by atoms with Gasteiger partial charge in [0.2, 0.25) is 0 Å². The van der Waals surface area contributed by atoms with Gasteiger partial charge < -0.3 is 16.2 Å². The lowest BCUT2D eigenvalue weighted by molar-refractivity contribution is 0.0411. The van der Waals surface area contributed by atoms with Crippen LogP contribution in [0.3, 0.4) is 0 Å². The maximum atomic E-state index is 9.15. The van der Waals surface area contributed by atoms with Crippen molar-refractivity contribution in [2.45, 2.75) is 56.7 Å². The first-order valence-electron chi connectivity index (χ1n) is 5.91. The summed E-state index contributed by atoms with van der Waals surface area (Å²) in [5.74, 6) is 0.711. The number of hydrogen-bond donors (Lipinski definition) is 3. The molecule has 3 heteroatoms. The highest BCUT2D eigenvalue weighted by Gasteiger charge is 2.28. The molecule has 2 unspecified atom stereocenters.